The summed E-state index contributed by atoms with van der Waals surface area (Å²) >= 11 is 0. The van der Waals surface area contributed by atoms with Gasteiger partial charge in [0, 0.05) is 24.8 Å². The quantitative estimate of drug-likeness (QED) is 0.916. The molecule has 3 nitrogen and oxygen atoms in total. The van der Waals surface area contributed by atoms with Gasteiger partial charge < -0.3 is 10.2 Å². The van der Waals surface area contributed by atoms with Gasteiger partial charge in [-0.1, -0.05) is 19.8 Å². The highest BCUT2D eigenvalue weighted by atomic mass is 15.2. The van der Waals surface area contributed by atoms with Crippen molar-refractivity contribution in [3.63, 3.8) is 0 Å². The Balaban J connectivity index is 1.82. The van der Waals surface area contributed by atoms with Crippen molar-refractivity contribution in [2.75, 3.05) is 18.0 Å². The van der Waals surface area contributed by atoms with Crippen molar-refractivity contribution in [3.05, 3.63) is 23.4 Å². The molecule has 0 radical (unpaired) electrons. The highest BCUT2D eigenvalue weighted by Crippen LogP contribution is 2.37. The maximum Gasteiger partial charge on any atom is 0.129 e. The van der Waals surface area contributed by atoms with Gasteiger partial charge in [0.25, 0.3) is 0 Å². The Morgan fingerprint density at radius 1 is 1.19 bits per heavy atom. The van der Waals surface area contributed by atoms with Gasteiger partial charge in [-0.3, -0.25) is 0 Å². The molecule has 1 saturated carbocycles. The van der Waals surface area contributed by atoms with Crippen LogP contribution in [0.1, 0.15) is 56.7 Å². The lowest BCUT2D eigenvalue weighted by Gasteiger charge is -2.45. The molecule has 1 aromatic heterocycles. The Hall–Kier alpha value is -1.09. The topological polar surface area (TPSA) is 28.2 Å². The minimum atomic E-state index is 0.744. The zero-order valence-electron chi connectivity index (χ0n) is 13.6. The molecule has 0 amide bonds. The van der Waals surface area contributed by atoms with E-state index in [4.69, 9.17) is 4.98 Å². The number of nitrogens with one attached hydrogen (secondary N) is 1. The molecule has 0 unspecified atom stereocenters. The summed E-state index contributed by atoms with van der Waals surface area (Å²) < 4.78 is 0. The van der Waals surface area contributed by atoms with Gasteiger partial charge in [-0.2, -0.15) is 0 Å². The van der Waals surface area contributed by atoms with Crippen LogP contribution in [-0.2, 0) is 6.54 Å². The second kappa shape index (κ2) is 6.78. The lowest BCUT2D eigenvalue weighted by atomic mass is 9.78. The van der Waals surface area contributed by atoms with Crippen molar-refractivity contribution >= 4 is 5.82 Å². The molecule has 1 aromatic rings. The number of piperidine rings is 1. The highest BCUT2D eigenvalue weighted by molar-refractivity contribution is 5.44. The van der Waals surface area contributed by atoms with Crippen LogP contribution in [0, 0.1) is 12.8 Å². The summed E-state index contributed by atoms with van der Waals surface area (Å²) in [5, 5.41) is 3.43. The molecule has 0 bridgehead atoms. The molecule has 1 saturated heterocycles. The zero-order chi connectivity index (χ0) is 14.7. The summed E-state index contributed by atoms with van der Waals surface area (Å²) in [5.74, 6) is 2.13. The molecule has 3 heteroatoms. The van der Waals surface area contributed by atoms with Gasteiger partial charge in [0.1, 0.15) is 5.82 Å². The van der Waals surface area contributed by atoms with Crippen LogP contribution in [-0.4, -0.2) is 24.1 Å². The molecule has 1 aliphatic heterocycles. The molecule has 2 atom stereocenters. The van der Waals surface area contributed by atoms with Gasteiger partial charge in [-0.15, -0.1) is 0 Å². The summed E-state index contributed by atoms with van der Waals surface area (Å²) in [6.45, 7) is 7.45. The van der Waals surface area contributed by atoms with Crippen LogP contribution in [0.15, 0.2) is 12.1 Å². The minimum Gasteiger partial charge on any atom is -0.353 e. The number of hydrogen-bond acceptors (Lipinski definition) is 3. The van der Waals surface area contributed by atoms with E-state index in [1.807, 2.05) is 0 Å². The average molecular weight is 287 g/mol. The van der Waals surface area contributed by atoms with E-state index in [-0.39, 0.29) is 0 Å². The van der Waals surface area contributed by atoms with Crippen LogP contribution in [0.25, 0.3) is 0 Å². The van der Waals surface area contributed by atoms with E-state index in [1.54, 1.807) is 0 Å². The first-order valence-corrected chi connectivity index (χ1v) is 8.73. The standard InChI is InChI=1S/C18H29N3/c1-3-19-13-15-11-14(2)20-18(12-15)21-10-6-8-16-7-4-5-9-17(16)21/h11-12,16-17,19H,3-10,13H2,1-2H3/t16-,17-/m1/s1. The fourth-order valence-electron chi connectivity index (χ4n) is 4.15. The highest BCUT2D eigenvalue weighted by Gasteiger charge is 2.33. The molecule has 1 aliphatic carbocycles. The Bertz CT molecular complexity index is 470. The molecule has 2 fully saturated rings. The molecule has 1 N–H and O–H groups in total. The Kier molecular flexibility index (Phi) is 4.79. The van der Waals surface area contributed by atoms with Gasteiger partial charge >= 0.3 is 0 Å². The van der Waals surface area contributed by atoms with E-state index in [9.17, 15) is 0 Å². The van der Waals surface area contributed by atoms with Crippen molar-refractivity contribution < 1.29 is 0 Å². The Labute approximate surface area is 129 Å². The predicted octanol–water partition coefficient (Wildman–Crippen LogP) is 3.66. The molecule has 0 spiro atoms. The second-order valence-electron chi connectivity index (χ2n) is 6.70. The molecule has 2 heterocycles. The largest absolute Gasteiger partial charge is 0.353 e. The molecule has 21 heavy (non-hydrogen) atoms. The van der Waals surface area contributed by atoms with Crippen LogP contribution in [0.5, 0.6) is 0 Å². The summed E-state index contributed by atoms with van der Waals surface area (Å²) in [4.78, 5) is 7.48. The van der Waals surface area contributed by atoms with Crippen LogP contribution in [0.3, 0.4) is 0 Å². The third kappa shape index (κ3) is 3.39. The number of anilines is 1. The van der Waals surface area contributed by atoms with Crippen molar-refractivity contribution in [2.24, 2.45) is 5.92 Å². The maximum atomic E-state index is 4.85. The van der Waals surface area contributed by atoms with E-state index in [2.05, 4.69) is 36.2 Å². The number of rotatable bonds is 4. The predicted molar refractivity (Wildman–Crippen MR) is 88.7 cm³/mol. The summed E-state index contributed by atoms with van der Waals surface area (Å²) in [5.41, 5.74) is 2.52. The number of aryl methyl sites for hydroxylation is 1. The van der Waals surface area contributed by atoms with E-state index in [1.165, 1.54) is 56.5 Å². The molecule has 2 aliphatic rings. The van der Waals surface area contributed by atoms with Gasteiger partial charge in [0.15, 0.2) is 0 Å². The monoisotopic (exact) mass is 287 g/mol. The first-order valence-electron chi connectivity index (χ1n) is 8.73. The van der Waals surface area contributed by atoms with Gasteiger partial charge in [0.2, 0.25) is 0 Å². The lowest BCUT2D eigenvalue weighted by Crippen LogP contribution is -2.47. The van der Waals surface area contributed by atoms with E-state index in [0.29, 0.717) is 0 Å². The first kappa shape index (κ1) is 14.8. The number of hydrogen-bond donors (Lipinski definition) is 1. The smallest absolute Gasteiger partial charge is 0.129 e. The fourth-order valence-corrected chi connectivity index (χ4v) is 4.15. The molecule has 3 rings (SSSR count). The van der Waals surface area contributed by atoms with Gasteiger partial charge in [0.05, 0.1) is 0 Å². The van der Waals surface area contributed by atoms with Crippen LogP contribution in [0.4, 0.5) is 5.82 Å². The van der Waals surface area contributed by atoms with Crippen molar-refractivity contribution in [3.8, 4) is 0 Å². The second-order valence-corrected chi connectivity index (χ2v) is 6.70. The van der Waals surface area contributed by atoms with Crippen LogP contribution < -0.4 is 10.2 Å². The van der Waals surface area contributed by atoms with E-state index >= 15 is 0 Å². The first-order chi connectivity index (χ1) is 10.3. The Morgan fingerprint density at radius 3 is 2.86 bits per heavy atom. The third-order valence-corrected chi connectivity index (χ3v) is 5.12. The summed E-state index contributed by atoms with van der Waals surface area (Å²) in [7, 11) is 0. The van der Waals surface area contributed by atoms with Crippen molar-refractivity contribution in [1.29, 1.82) is 0 Å². The summed E-state index contributed by atoms with van der Waals surface area (Å²) in [6.07, 6.45) is 8.38. The molecule has 0 aromatic carbocycles. The summed E-state index contributed by atoms with van der Waals surface area (Å²) in [6, 6.07) is 5.27. The SMILES string of the molecule is CCNCc1cc(C)nc(N2CCC[C@H]3CCCC[C@H]32)c1. The lowest BCUT2D eigenvalue weighted by molar-refractivity contribution is 0.242. The van der Waals surface area contributed by atoms with Gasteiger partial charge in [-0.25, -0.2) is 4.98 Å². The minimum absolute atomic E-state index is 0.744. The van der Waals surface area contributed by atoms with Crippen LogP contribution >= 0.6 is 0 Å². The number of pyridine rings is 1. The van der Waals surface area contributed by atoms with Gasteiger partial charge in [-0.05, 0) is 62.8 Å². The fraction of sp³-hybridized carbons (Fsp3) is 0.722. The normalized spacial score (nSPS) is 25.7. The Morgan fingerprint density at radius 2 is 2.00 bits per heavy atom. The van der Waals surface area contributed by atoms with Crippen molar-refractivity contribution in [1.82, 2.24) is 10.3 Å². The number of fused-ring (bicyclic) bond motifs is 1. The molecular formula is C18H29N3. The third-order valence-electron chi connectivity index (χ3n) is 5.12. The molecular weight excluding hydrogens is 258 g/mol. The average Bonchev–Trinajstić information content (AvgIpc) is 2.52. The zero-order valence-corrected chi connectivity index (χ0v) is 13.6. The van der Waals surface area contributed by atoms with E-state index < -0.39 is 0 Å². The van der Waals surface area contributed by atoms with Crippen molar-refractivity contribution in [2.45, 2.75) is 65.0 Å². The molecule has 116 valence electrons. The van der Waals surface area contributed by atoms with Crippen LogP contribution in [0.2, 0.25) is 0 Å². The number of aromatic nitrogens is 1. The van der Waals surface area contributed by atoms with E-state index in [0.717, 1.165) is 30.7 Å². The number of nitrogens with zero attached hydrogens (tertiary/aromatic N) is 2. The maximum absolute atomic E-state index is 4.85.